The van der Waals surface area contributed by atoms with E-state index in [-0.39, 0.29) is 6.61 Å². The smallest absolute Gasteiger partial charge is 0.249 e. The van der Waals surface area contributed by atoms with Gasteiger partial charge >= 0.3 is 0 Å². The monoisotopic (exact) mass is 380 g/mol. The summed E-state index contributed by atoms with van der Waals surface area (Å²) < 4.78 is 2.21. The SMILES string of the molecule is NC(=O)c1cccc2c1c1ccc(CO)cc1n2Cc1cccc2ccccc12. The van der Waals surface area contributed by atoms with Gasteiger partial charge < -0.3 is 15.4 Å². The summed E-state index contributed by atoms with van der Waals surface area (Å²) in [5.74, 6) is -0.439. The van der Waals surface area contributed by atoms with Crippen molar-refractivity contribution in [3.63, 3.8) is 0 Å². The van der Waals surface area contributed by atoms with Crippen LogP contribution in [-0.2, 0) is 13.2 Å². The molecule has 1 heterocycles. The molecule has 3 N–H and O–H groups in total. The van der Waals surface area contributed by atoms with Crippen LogP contribution in [0.4, 0.5) is 0 Å². The fraction of sp³-hybridized carbons (Fsp3) is 0.0800. The van der Waals surface area contributed by atoms with Crippen LogP contribution in [0.25, 0.3) is 32.6 Å². The number of hydrogen-bond donors (Lipinski definition) is 2. The molecule has 0 aliphatic carbocycles. The van der Waals surface area contributed by atoms with Gasteiger partial charge in [-0.25, -0.2) is 0 Å². The van der Waals surface area contributed by atoms with Crippen molar-refractivity contribution >= 4 is 38.5 Å². The molecule has 0 aliphatic rings. The van der Waals surface area contributed by atoms with Crippen LogP contribution < -0.4 is 5.73 Å². The van der Waals surface area contributed by atoms with Crippen LogP contribution in [-0.4, -0.2) is 15.6 Å². The Morgan fingerprint density at radius 1 is 0.862 bits per heavy atom. The number of hydrogen-bond acceptors (Lipinski definition) is 2. The third-order valence-corrected chi connectivity index (χ3v) is 5.61. The molecular formula is C25H20N2O2. The molecule has 0 aliphatic heterocycles. The van der Waals surface area contributed by atoms with Crippen LogP contribution in [0, 0.1) is 0 Å². The highest BCUT2D eigenvalue weighted by molar-refractivity contribution is 6.18. The van der Waals surface area contributed by atoms with Crippen molar-refractivity contribution in [1.29, 1.82) is 0 Å². The number of nitrogens with two attached hydrogens (primary N) is 1. The second-order valence-electron chi connectivity index (χ2n) is 7.30. The van der Waals surface area contributed by atoms with Gasteiger partial charge in [-0.3, -0.25) is 4.79 Å². The van der Waals surface area contributed by atoms with E-state index in [9.17, 15) is 9.90 Å². The molecule has 29 heavy (non-hydrogen) atoms. The first-order chi connectivity index (χ1) is 14.2. The molecule has 0 unspecified atom stereocenters. The second-order valence-corrected chi connectivity index (χ2v) is 7.30. The predicted molar refractivity (Wildman–Crippen MR) is 117 cm³/mol. The molecular weight excluding hydrogens is 360 g/mol. The van der Waals surface area contributed by atoms with Crippen LogP contribution in [0.3, 0.4) is 0 Å². The number of aliphatic hydroxyl groups excluding tert-OH is 1. The Kier molecular flexibility index (Phi) is 4.07. The number of amides is 1. The Balaban J connectivity index is 1.83. The van der Waals surface area contributed by atoms with Gasteiger partial charge in [-0.2, -0.15) is 0 Å². The quantitative estimate of drug-likeness (QED) is 0.479. The van der Waals surface area contributed by atoms with E-state index in [1.165, 1.54) is 16.3 Å². The van der Waals surface area contributed by atoms with E-state index in [1.54, 1.807) is 6.07 Å². The molecule has 0 atom stereocenters. The van der Waals surface area contributed by atoms with Gasteiger partial charge in [0.2, 0.25) is 5.91 Å². The maximum absolute atomic E-state index is 12.1. The first kappa shape index (κ1) is 17.5. The number of nitrogens with zero attached hydrogens (tertiary/aromatic N) is 1. The van der Waals surface area contributed by atoms with Crippen LogP contribution in [0.5, 0.6) is 0 Å². The Morgan fingerprint density at radius 2 is 1.66 bits per heavy atom. The lowest BCUT2D eigenvalue weighted by atomic mass is 10.0. The first-order valence-electron chi connectivity index (χ1n) is 9.58. The average Bonchev–Trinajstić information content (AvgIpc) is 3.07. The lowest BCUT2D eigenvalue weighted by Gasteiger charge is -2.11. The summed E-state index contributed by atoms with van der Waals surface area (Å²) in [6, 6.07) is 26.2. The van der Waals surface area contributed by atoms with Crippen molar-refractivity contribution < 1.29 is 9.90 Å². The van der Waals surface area contributed by atoms with Crippen LogP contribution in [0.2, 0.25) is 0 Å². The van der Waals surface area contributed by atoms with Crippen molar-refractivity contribution in [2.45, 2.75) is 13.2 Å². The molecule has 0 fully saturated rings. The molecule has 0 saturated carbocycles. The number of benzene rings is 4. The van der Waals surface area contributed by atoms with Gasteiger partial charge in [0.25, 0.3) is 0 Å². The fourth-order valence-corrected chi connectivity index (χ4v) is 4.26. The van der Waals surface area contributed by atoms with Crippen molar-refractivity contribution in [1.82, 2.24) is 4.57 Å². The predicted octanol–water partition coefficient (Wildman–Crippen LogP) is 4.59. The third-order valence-electron chi connectivity index (χ3n) is 5.61. The van der Waals surface area contributed by atoms with E-state index in [4.69, 9.17) is 5.73 Å². The minimum Gasteiger partial charge on any atom is -0.392 e. The van der Waals surface area contributed by atoms with Gasteiger partial charge in [0, 0.05) is 28.4 Å². The zero-order valence-corrected chi connectivity index (χ0v) is 15.8. The van der Waals surface area contributed by atoms with E-state index in [2.05, 4.69) is 34.9 Å². The number of fused-ring (bicyclic) bond motifs is 4. The van der Waals surface area contributed by atoms with E-state index < -0.39 is 5.91 Å². The lowest BCUT2D eigenvalue weighted by molar-refractivity contribution is 0.100. The van der Waals surface area contributed by atoms with E-state index >= 15 is 0 Å². The molecule has 4 heteroatoms. The first-order valence-corrected chi connectivity index (χ1v) is 9.58. The van der Waals surface area contributed by atoms with Gasteiger partial charge in [0.1, 0.15) is 0 Å². The van der Waals surface area contributed by atoms with Crippen LogP contribution >= 0.6 is 0 Å². The number of primary amides is 1. The average molecular weight is 380 g/mol. The molecule has 1 amide bonds. The van der Waals surface area contributed by atoms with E-state index in [1.807, 2.05) is 42.5 Å². The maximum Gasteiger partial charge on any atom is 0.249 e. The van der Waals surface area contributed by atoms with Gasteiger partial charge in [0.15, 0.2) is 0 Å². The molecule has 1 aromatic heterocycles. The van der Waals surface area contributed by atoms with Crippen molar-refractivity contribution in [3.8, 4) is 0 Å². The fourth-order valence-electron chi connectivity index (χ4n) is 4.26. The van der Waals surface area contributed by atoms with Crippen LogP contribution in [0.1, 0.15) is 21.5 Å². The van der Waals surface area contributed by atoms with Crippen LogP contribution in [0.15, 0.2) is 78.9 Å². The van der Waals surface area contributed by atoms with Crippen molar-refractivity contribution in [3.05, 3.63) is 95.6 Å². The third kappa shape index (κ3) is 2.77. The second kappa shape index (κ2) is 6.76. The van der Waals surface area contributed by atoms with E-state index in [0.29, 0.717) is 12.1 Å². The highest BCUT2D eigenvalue weighted by atomic mass is 16.3. The van der Waals surface area contributed by atoms with Gasteiger partial charge in [-0.1, -0.05) is 60.7 Å². The molecule has 5 rings (SSSR count). The highest BCUT2D eigenvalue weighted by Crippen LogP contribution is 2.33. The number of aromatic nitrogens is 1. The molecule has 4 nitrogen and oxygen atoms in total. The Labute approximate surface area is 167 Å². The number of rotatable bonds is 4. The molecule has 0 spiro atoms. The molecule has 0 saturated heterocycles. The molecule has 0 bridgehead atoms. The lowest BCUT2D eigenvalue weighted by Crippen LogP contribution is -2.11. The summed E-state index contributed by atoms with van der Waals surface area (Å²) in [6.45, 7) is 0.618. The minimum absolute atomic E-state index is 0.0333. The molecule has 142 valence electrons. The summed E-state index contributed by atoms with van der Waals surface area (Å²) in [7, 11) is 0. The Hall–Kier alpha value is -3.63. The zero-order chi connectivity index (χ0) is 20.0. The van der Waals surface area contributed by atoms with Gasteiger partial charge in [-0.15, -0.1) is 0 Å². The Morgan fingerprint density at radius 3 is 2.48 bits per heavy atom. The number of carbonyl (C=O) groups excluding carboxylic acids is 1. The topological polar surface area (TPSA) is 68.2 Å². The largest absolute Gasteiger partial charge is 0.392 e. The van der Waals surface area contributed by atoms with Crippen molar-refractivity contribution in [2.75, 3.05) is 0 Å². The molecule has 5 aromatic rings. The standard InChI is InChI=1S/C25H20N2O2/c26-25(29)21-9-4-10-22-24(21)20-12-11-16(15-28)13-23(20)27(22)14-18-7-3-6-17-5-1-2-8-19(17)18/h1-13,28H,14-15H2,(H2,26,29). The molecule has 0 radical (unpaired) electrons. The van der Waals surface area contributed by atoms with Gasteiger partial charge in [0.05, 0.1) is 12.1 Å². The zero-order valence-electron chi connectivity index (χ0n) is 15.8. The summed E-state index contributed by atoms with van der Waals surface area (Å²) in [4.78, 5) is 12.1. The number of aliphatic hydroxyl groups is 1. The maximum atomic E-state index is 12.1. The van der Waals surface area contributed by atoms with Gasteiger partial charge in [-0.05, 0) is 40.1 Å². The summed E-state index contributed by atoms with van der Waals surface area (Å²) in [6.07, 6.45) is 0. The van der Waals surface area contributed by atoms with Crippen molar-refractivity contribution in [2.24, 2.45) is 5.73 Å². The summed E-state index contributed by atoms with van der Waals surface area (Å²) in [5, 5.41) is 13.9. The summed E-state index contributed by atoms with van der Waals surface area (Å²) in [5.41, 5.74) is 10.2. The minimum atomic E-state index is -0.439. The van der Waals surface area contributed by atoms with E-state index in [0.717, 1.165) is 27.4 Å². The highest BCUT2D eigenvalue weighted by Gasteiger charge is 2.17. The number of carbonyl (C=O) groups is 1. The normalized spacial score (nSPS) is 11.5. The molecule has 4 aromatic carbocycles. The summed E-state index contributed by atoms with van der Waals surface area (Å²) >= 11 is 0. The Bertz CT molecular complexity index is 1390.